The molecule has 0 radical (unpaired) electrons. The summed E-state index contributed by atoms with van der Waals surface area (Å²) in [7, 11) is 1.96. The van der Waals surface area contributed by atoms with Gasteiger partial charge in [-0.3, -0.25) is 4.68 Å². The van der Waals surface area contributed by atoms with Crippen molar-refractivity contribution < 1.29 is 0 Å². The van der Waals surface area contributed by atoms with Gasteiger partial charge < -0.3 is 5.32 Å². The van der Waals surface area contributed by atoms with Crippen molar-refractivity contribution >= 4 is 22.9 Å². The van der Waals surface area contributed by atoms with Crippen molar-refractivity contribution in [1.29, 1.82) is 0 Å². The van der Waals surface area contributed by atoms with E-state index in [0.717, 1.165) is 41.5 Å². The molecule has 1 N–H and O–H groups in total. The number of hydrogen-bond donors (Lipinski definition) is 1. The summed E-state index contributed by atoms with van der Waals surface area (Å²) in [5, 5.41) is 8.82. The van der Waals surface area contributed by atoms with Crippen LogP contribution in [0.15, 0.2) is 5.51 Å². The van der Waals surface area contributed by atoms with Crippen LogP contribution in [0.25, 0.3) is 0 Å². The van der Waals surface area contributed by atoms with E-state index < -0.39 is 0 Å². The second kappa shape index (κ2) is 6.70. The maximum atomic E-state index is 6.45. The fourth-order valence-corrected chi connectivity index (χ4v) is 3.63. The lowest BCUT2D eigenvalue weighted by atomic mass is 10.1. The molecule has 0 aliphatic heterocycles. The van der Waals surface area contributed by atoms with E-state index in [2.05, 4.69) is 36.2 Å². The molecule has 2 rings (SSSR count). The van der Waals surface area contributed by atoms with Crippen LogP contribution in [-0.2, 0) is 19.9 Å². The highest BCUT2D eigenvalue weighted by Crippen LogP contribution is 2.29. The van der Waals surface area contributed by atoms with Crippen LogP contribution in [0.3, 0.4) is 0 Å². The molecule has 0 bridgehead atoms. The number of halogens is 1. The van der Waals surface area contributed by atoms with E-state index in [0.29, 0.717) is 0 Å². The summed E-state index contributed by atoms with van der Waals surface area (Å²) in [5.41, 5.74) is 5.05. The van der Waals surface area contributed by atoms with Crippen LogP contribution in [0, 0.1) is 6.92 Å². The summed E-state index contributed by atoms with van der Waals surface area (Å²) in [6.45, 7) is 7.16. The minimum Gasteiger partial charge on any atom is -0.309 e. The van der Waals surface area contributed by atoms with Crippen LogP contribution in [-0.4, -0.2) is 21.3 Å². The number of aromatic nitrogens is 3. The predicted octanol–water partition coefficient (Wildman–Crippen LogP) is 3.29. The first-order valence-electron chi connectivity index (χ1n) is 6.92. The third-order valence-corrected chi connectivity index (χ3v) is 4.93. The Morgan fingerprint density at radius 1 is 1.45 bits per heavy atom. The van der Waals surface area contributed by atoms with E-state index in [1.807, 2.05) is 17.2 Å². The van der Waals surface area contributed by atoms with Crippen molar-refractivity contribution in [1.82, 2.24) is 20.1 Å². The molecular weight excluding hydrogens is 292 g/mol. The minimum absolute atomic E-state index is 0.241. The Bertz CT molecular complexity index is 576. The standard InChI is InChI=1S/C14H21ClN4S/c1-5-10-13(15)12(19(4)18-10)7-11(16-6-2)14-9(3)17-8-20-14/h8,11,16H,5-7H2,1-4H3. The Balaban J connectivity index is 2.29. The monoisotopic (exact) mass is 312 g/mol. The molecule has 0 saturated carbocycles. The number of thiazole rings is 1. The molecule has 0 fully saturated rings. The number of aryl methyl sites for hydroxylation is 3. The molecule has 0 aliphatic rings. The van der Waals surface area contributed by atoms with E-state index in [4.69, 9.17) is 11.6 Å². The molecular formula is C14H21ClN4S. The summed E-state index contributed by atoms with van der Waals surface area (Å²) in [6, 6.07) is 0.241. The zero-order chi connectivity index (χ0) is 14.7. The molecule has 0 saturated heterocycles. The normalized spacial score (nSPS) is 12.8. The third-order valence-electron chi connectivity index (χ3n) is 3.45. The summed E-state index contributed by atoms with van der Waals surface area (Å²) >= 11 is 8.15. The molecule has 20 heavy (non-hydrogen) atoms. The van der Waals surface area contributed by atoms with Gasteiger partial charge in [0.2, 0.25) is 0 Å². The van der Waals surface area contributed by atoms with Gasteiger partial charge in [0, 0.05) is 24.4 Å². The van der Waals surface area contributed by atoms with Crippen LogP contribution < -0.4 is 5.32 Å². The maximum absolute atomic E-state index is 6.45. The quantitative estimate of drug-likeness (QED) is 0.890. The van der Waals surface area contributed by atoms with Gasteiger partial charge >= 0.3 is 0 Å². The van der Waals surface area contributed by atoms with Crippen molar-refractivity contribution in [3.8, 4) is 0 Å². The molecule has 0 spiro atoms. The second-order valence-corrected chi connectivity index (χ2v) is 6.07. The summed E-state index contributed by atoms with van der Waals surface area (Å²) in [5.74, 6) is 0. The van der Waals surface area contributed by atoms with Crippen molar-refractivity contribution in [2.75, 3.05) is 6.54 Å². The highest BCUT2D eigenvalue weighted by molar-refractivity contribution is 7.09. The maximum Gasteiger partial charge on any atom is 0.0850 e. The van der Waals surface area contributed by atoms with Crippen LogP contribution in [0.5, 0.6) is 0 Å². The number of likely N-dealkylation sites (N-methyl/N-ethyl adjacent to an activating group) is 1. The lowest BCUT2D eigenvalue weighted by molar-refractivity contribution is 0.533. The lowest BCUT2D eigenvalue weighted by Crippen LogP contribution is -2.23. The first-order valence-corrected chi connectivity index (χ1v) is 8.17. The fourth-order valence-electron chi connectivity index (χ4n) is 2.38. The molecule has 2 aromatic rings. The van der Waals surface area contributed by atoms with E-state index in [-0.39, 0.29) is 6.04 Å². The van der Waals surface area contributed by atoms with Gasteiger partial charge in [-0.1, -0.05) is 25.4 Å². The van der Waals surface area contributed by atoms with Crippen molar-refractivity contribution in [3.63, 3.8) is 0 Å². The van der Waals surface area contributed by atoms with E-state index in [1.165, 1.54) is 4.88 Å². The number of rotatable bonds is 6. The minimum atomic E-state index is 0.241. The highest BCUT2D eigenvalue weighted by atomic mass is 35.5. The average Bonchev–Trinajstić information content (AvgIpc) is 2.96. The number of hydrogen-bond acceptors (Lipinski definition) is 4. The van der Waals surface area contributed by atoms with Crippen LogP contribution >= 0.6 is 22.9 Å². The Hall–Kier alpha value is -0.910. The molecule has 1 unspecified atom stereocenters. The van der Waals surface area contributed by atoms with Crippen molar-refractivity contribution in [2.45, 2.75) is 39.7 Å². The summed E-state index contributed by atoms with van der Waals surface area (Å²) in [4.78, 5) is 5.63. The molecule has 0 aromatic carbocycles. The molecule has 0 aliphatic carbocycles. The van der Waals surface area contributed by atoms with Gasteiger partial charge in [0.1, 0.15) is 0 Å². The van der Waals surface area contributed by atoms with E-state index >= 15 is 0 Å². The molecule has 1 atom stereocenters. The van der Waals surface area contributed by atoms with Gasteiger partial charge in [0.15, 0.2) is 0 Å². The Kier molecular flexibility index (Phi) is 5.18. The highest BCUT2D eigenvalue weighted by Gasteiger charge is 2.21. The SMILES string of the molecule is CCNC(Cc1c(Cl)c(CC)nn1C)c1scnc1C. The molecule has 2 heterocycles. The molecule has 4 nitrogen and oxygen atoms in total. The Morgan fingerprint density at radius 2 is 2.20 bits per heavy atom. The number of nitrogens with one attached hydrogen (secondary N) is 1. The van der Waals surface area contributed by atoms with Gasteiger partial charge in [0.05, 0.1) is 27.6 Å². The smallest absolute Gasteiger partial charge is 0.0850 e. The van der Waals surface area contributed by atoms with Crippen molar-refractivity contribution in [2.24, 2.45) is 7.05 Å². The Morgan fingerprint density at radius 3 is 2.70 bits per heavy atom. The average molecular weight is 313 g/mol. The topological polar surface area (TPSA) is 42.7 Å². The van der Waals surface area contributed by atoms with Crippen LogP contribution in [0.1, 0.15) is 41.8 Å². The van der Waals surface area contributed by atoms with E-state index in [9.17, 15) is 0 Å². The van der Waals surface area contributed by atoms with Crippen LogP contribution in [0.2, 0.25) is 5.02 Å². The molecule has 110 valence electrons. The summed E-state index contributed by atoms with van der Waals surface area (Å²) in [6.07, 6.45) is 1.69. The summed E-state index contributed by atoms with van der Waals surface area (Å²) < 4.78 is 1.90. The lowest BCUT2D eigenvalue weighted by Gasteiger charge is -2.17. The first-order chi connectivity index (χ1) is 9.58. The molecule has 6 heteroatoms. The van der Waals surface area contributed by atoms with Crippen LogP contribution in [0.4, 0.5) is 0 Å². The van der Waals surface area contributed by atoms with Gasteiger partial charge in [-0.25, -0.2) is 4.98 Å². The Labute approximate surface area is 129 Å². The van der Waals surface area contributed by atoms with Gasteiger partial charge in [0.25, 0.3) is 0 Å². The van der Waals surface area contributed by atoms with Crippen molar-refractivity contribution in [3.05, 3.63) is 32.5 Å². The van der Waals surface area contributed by atoms with Gasteiger partial charge in [-0.05, 0) is 19.9 Å². The van der Waals surface area contributed by atoms with E-state index in [1.54, 1.807) is 11.3 Å². The first kappa shape index (κ1) is 15.5. The fraction of sp³-hybridized carbons (Fsp3) is 0.571. The zero-order valence-corrected chi connectivity index (χ0v) is 14.0. The molecule has 0 amide bonds. The second-order valence-electron chi connectivity index (χ2n) is 4.80. The largest absolute Gasteiger partial charge is 0.309 e. The zero-order valence-electron chi connectivity index (χ0n) is 12.4. The number of nitrogens with zero attached hydrogens (tertiary/aromatic N) is 3. The van der Waals surface area contributed by atoms with Gasteiger partial charge in [-0.15, -0.1) is 11.3 Å². The molecule has 2 aromatic heterocycles. The predicted molar refractivity (Wildman–Crippen MR) is 84.6 cm³/mol. The third kappa shape index (κ3) is 3.05. The van der Waals surface area contributed by atoms with Gasteiger partial charge in [-0.2, -0.15) is 5.10 Å².